The summed E-state index contributed by atoms with van der Waals surface area (Å²) in [5, 5.41) is 9.99. The number of non-ortho nitro benzene ring substituents is 1. The molecule has 3 nitrogen and oxygen atoms in total. The van der Waals surface area contributed by atoms with Crippen molar-refractivity contribution in [2.24, 2.45) is 0 Å². The van der Waals surface area contributed by atoms with Crippen LogP contribution in [0, 0.1) is 15.9 Å². The summed E-state index contributed by atoms with van der Waals surface area (Å²) in [5.74, 6) is -0.589. The molecule has 0 saturated carbocycles. The number of nitrogens with zero attached hydrogens (tertiary/aromatic N) is 1. The Labute approximate surface area is 73.7 Å². The molecule has 0 N–H and O–H groups in total. The molecule has 0 saturated heterocycles. The van der Waals surface area contributed by atoms with Crippen LogP contribution in [0.15, 0.2) is 24.3 Å². The zero-order valence-corrected chi connectivity index (χ0v) is 7.27. The Morgan fingerprint density at radius 1 is 1.45 bits per heavy atom. The predicted octanol–water partition coefficient (Wildman–Crippen LogP) is 1.35. The largest absolute Gasteiger partial charge is 0.272 e. The number of benzene rings is 1. The standard InChI is InChI=1S/C6H4FNO2.As/c7-5-2-1-3-6(4-5)8(9)10;/h1-4H;. The number of halogens is 1. The molecule has 0 aliphatic rings. The average Bonchev–Trinajstić information content (AvgIpc) is 1.88. The first-order valence-electron chi connectivity index (χ1n) is 2.60. The smallest absolute Gasteiger partial charge is 0.258 e. The van der Waals surface area contributed by atoms with E-state index in [1.807, 2.05) is 0 Å². The molecule has 1 aromatic carbocycles. The van der Waals surface area contributed by atoms with Gasteiger partial charge in [-0.2, -0.15) is 0 Å². The second-order valence-corrected chi connectivity index (χ2v) is 1.74. The van der Waals surface area contributed by atoms with Crippen LogP contribution in [0.4, 0.5) is 10.1 Å². The van der Waals surface area contributed by atoms with E-state index in [0.717, 1.165) is 12.1 Å². The summed E-state index contributed by atoms with van der Waals surface area (Å²) in [7, 11) is 0. The van der Waals surface area contributed by atoms with E-state index < -0.39 is 10.7 Å². The topological polar surface area (TPSA) is 43.1 Å². The van der Waals surface area contributed by atoms with Crippen LogP contribution in [0.5, 0.6) is 0 Å². The first-order valence-corrected chi connectivity index (χ1v) is 2.60. The summed E-state index contributed by atoms with van der Waals surface area (Å²) in [5.41, 5.74) is -0.222. The number of hydrogen-bond donors (Lipinski definition) is 0. The van der Waals surface area contributed by atoms with Gasteiger partial charge in [-0.05, 0) is 6.07 Å². The molecule has 0 fully saturated rings. The van der Waals surface area contributed by atoms with Crippen molar-refractivity contribution in [2.75, 3.05) is 0 Å². The van der Waals surface area contributed by atoms with Crippen LogP contribution in [0.3, 0.4) is 0 Å². The molecule has 11 heavy (non-hydrogen) atoms. The van der Waals surface area contributed by atoms with Crippen molar-refractivity contribution >= 4 is 23.6 Å². The van der Waals surface area contributed by atoms with Gasteiger partial charge in [-0.3, -0.25) is 10.1 Å². The van der Waals surface area contributed by atoms with E-state index in [2.05, 4.69) is 0 Å². The van der Waals surface area contributed by atoms with Crippen LogP contribution < -0.4 is 0 Å². The Morgan fingerprint density at radius 2 is 2.09 bits per heavy atom. The monoisotopic (exact) mass is 216 g/mol. The van der Waals surface area contributed by atoms with E-state index in [9.17, 15) is 14.5 Å². The molecule has 0 heterocycles. The summed E-state index contributed by atoms with van der Waals surface area (Å²) < 4.78 is 12.2. The molecule has 0 unspecified atom stereocenters. The minimum atomic E-state index is -0.636. The van der Waals surface area contributed by atoms with Gasteiger partial charge in [0.1, 0.15) is 5.82 Å². The van der Waals surface area contributed by atoms with Crippen molar-refractivity contribution in [1.82, 2.24) is 0 Å². The van der Waals surface area contributed by atoms with Gasteiger partial charge in [0.15, 0.2) is 0 Å². The quantitative estimate of drug-likeness (QED) is 0.404. The molecule has 0 atom stereocenters. The average molecular weight is 216 g/mol. The van der Waals surface area contributed by atoms with Crippen LogP contribution in [0.1, 0.15) is 0 Å². The van der Waals surface area contributed by atoms with Gasteiger partial charge >= 0.3 is 0 Å². The molecule has 5 heteroatoms. The summed E-state index contributed by atoms with van der Waals surface area (Å²) in [6, 6.07) is 4.57. The Bertz CT molecular complexity index is 267. The van der Waals surface area contributed by atoms with E-state index >= 15 is 0 Å². The van der Waals surface area contributed by atoms with E-state index in [1.54, 1.807) is 0 Å². The van der Waals surface area contributed by atoms with Crippen molar-refractivity contribution in [1.29, 1.82) is 0 Å². The first-order chi connectivity index (χ1) is 4.70. The Hall–Kier alpha value is -0.892. The molecule has 1 rings (SSSR count). The molecule has 0 aromatic heterocycles. The molecule has 0 aliphatic heterocycles. The van der Waals surface area contributed by atoms with Gasteiger partial charge in [-0.1, -0.05) is 6.07 Å². The number of hydrogen-bond acceptors (Lipinski definition) is 2. The van der Waals surface area contributed by atoms with Crippen molar-refractivity contribution in [3.63, 3.8) is 0 Å². The number of nitro groups is 1. The SMILES string of the molecule is O=[N+]([O-])c1cccc(F)c1.[As]. The fourth-order valence-electron chi connectivity index (χ4n) is 0.590. The van der Waals surface area contributed by atoms with Gasteiger partial charge in [0, 0.05) is 24.0 Å². The third-order valence-electron chi connectivity index (χ3n) is 1.02. The second-order valence-electron chi connectivity index (χ2n) is 1.74. The summed E-state index contributed by atoms with van der Waals surface area (Å²) in [4.78, 5) is 9.36. The van der Waals surface area contributed by atoms with E-state index in [4.69, 9.17) is 0 Å². The molecule has 0 spiro atoms. The molecular formula is C6H4AsFNO2. The maximum Gasteiger partial charge on any atom is 0.272 e. The molecule has 3 radical (unpaired) electrons. The zero-order valence-electron chi connectivity index (χ0n) is 5.40. The molecule has 0 bridgehead atoms. The van der Waals surface area contributed by atoms with Crippen molar-refractivity contribution < 1.29 is 9.31 Å². The Morgan fingerprint density at radius 3 is 2.45 bits per heavy atom. The molecular weight excluding hydrogens is 212 g/mol. The third-order valence-corrected chi connectivity index (χ3v) is 1.02. The van der Waals surface area contributed by atoms with E-state index in [0.29, 0.717) is 0 Å². The van der Waals surface area contributed by atoms with E-state index in [-0.39, 0.29) is 23.6 Å². The first kappa shape index (κ1) is 10.1. The predicted molar refractivity (Wildman–Crippen MR) is 38.8 cm³/mol. The summed E-state index contributed by atoms with van der Waals surface area (Å²) >= 11 is 0. The summed E-state index contributed by atoms with van der Waals surface area (Å²) in [6.07, 6.45) is 0. The van der Waals surface area contributed by atoms with E-state index in [1.165, 1.54) is 12.1 Å². The normalized spacial score (nSPS) is 8.45. The van der Waals surface area contributed by atoms with Crippen molar-refractivity contribution in [2.45, 2.75) is 0 Å². The van der Waals surface area contributed by atoms with Crippen LogP contribution in [-0.4, -0.2) is 22.9 Å². The fourth-order valence-corrected chi connectivity index (χ4v) is 0.590. The molecule has 57 valence electrons. The molecule has 0 aliphatic carbocycles. The second kappa shape index (κ2) is 4.08. The van der Waals surface area contributed by atoms with Crippen LogP contribution >= 0.6 is 0 Å². The molecule has 0 amide bonds. The van der Waals surface area contributed by atoms with Crippen LogP contribution in [0.2, 0.25) is 0 Å². The number of nitro benzene ring substituents is 1. The van der Waals surface area contributed by atoms with Crippen molar-refractivity contribution in [3.05, 3.63) is 40.2 Å². The maximum atomic E-state index is 12.2. The zero-order chi connectivity index (χ0) is 7.56. The summed E-state index contributed by atoms with van der Waals surface area (Å²) in [6.45, 7) is 0. The van der Waals surface area contributed by atoms with Crippen LogP contribution in [0.25, 0.3) is 0 Å². The van der Waals surface area contributed by atoms with Crippen molar-refractivity contribution in [3.8, 4) is 0 Å². The van der Waals surface area contributed by atoms with Gasteiger partial charge in [-0.15, -0.1) is 0 Å². The van der Waals surface area contributed by atoms with Gasteiger partial charge in [-0.25, -0.2) is 4.39 Å². The Balaban J connectivity index is 0.000001000. The Kier molecular flexibility index (Phi) is 3.75. The fraction of sp³-hybridized carbons (Fsp3) is 0. The van der Waals surface area contributed by atoms with Crippen LogP contribution in [-0.2, 0) is 0 Å². The van der Waals surface area contributed by atoms with Gasteiger partial charge in [0.05, 0.1) is 11.0 Å². The minimum Gasteiger partial charge on any atom is -0.258 e. The minimum absolute atomic E-state index is 0. The van der Waals surface area contributed by atoms with Gasteiger partial charge < -0.3 is 0 Å². The number of rotatable bonds is 1. The molecule has 1 aromatic rings. The van der Waals surface area contributed by atoms with Gasteiger partial charge in [0.25, 0.3) is 5.69 Å². The van der Waals surface area contributed by atoms with Gasteiger partial charge in [0.2, 0.25) is 0 Å². The third kappa shape index (κ3) is 2.68. The maximum absolute atomic E-state index is 12.2.